The van der Waals surface area contributed by atoms with Crippen LogP contribution in [0.2, 0.25) is 0 Å². The second-order valence-electron chi connectivity index (χ2n) is 7.56. The van der Waals surface area contributed by atoms with Crippen LogP contribution in [0.4, 0.5) is 15.8 Å². The van der Waals surface area contributed by atoms with Crippen molar-refractivity contribution >= 4 is 37.3 Å². The number of halogens is 1. The van der Waals surface area contributed by atoms with Gasteiger partial charge in [-0.3, -0.25) is 9.52 Å². The molecule has 1 saturated heterocycles. The van der Waals surface area contributed by atoms with Gasteiger partial charge in [0.25, 0.3) is 5.91 Å². The molecule has 1 heterocycles. The van der Waals surface area contributed by atoms with Crippen LogP contribution in [0.3, 0.4) is 0 Å². The van der Waals surface area contributed by atoms with Crippen LogP contribution in [0.25, 0.3) is 0 Å². The van der Waals surface area contributed by atoms with Crippen molar-refractivity contribution in [3.8, 4) is 0 Å². The van der Waals surface area contributed by atoms with Gasteiger partial charge in [0.2, 0.25) is 20.0 Å². The molecule has 0 unspecified atom stereocenters. The summed E-state index contributed by atoms with van der Waals surface area (Å²) in [5.74, 6) is -1.52. The molecule has 0 bridgehead atoms. The fourth-order valence-electron chi connectivity index (χ4n) is 3.41. The van der Waals surface area contributed by atoms with E-state index in [1.54, 1.807) is 6.92 Å². The number of rotatable bonds is 8. The molecule has 32 heavy (non-hydrogen) atoms. The van der Waals surface area contributed by atoms with Gasteiger partial charge in [-0.15, -0.1) is 0 Å². The maximum atomic E-state index is 14.4. The van der Waals surface area contributed by atoms with E-state index in [1.807, 2.05) is 0 Å². The molecule has 0 radical (unpaired) electrons. The second-order valence-corrected chi connectivity index (χ2v) is 11.3. The summed E-state index contributed by atoms with van der Waals surface area (Å²) in [6.07, 6.45) is 2.84. The second kappa shape index (κ2) is 9.97. The van der Waals surface area contributed by atoms with Crippen molar-refractivity contribution in [3.63, 3.8) is 0 Å². The lowest BCUT2D eigenvalue weighted by Gasteiger charge is -2.26. The smallest absolute Gasteiger partial charge is 0.255 e. The minimum Gasteiger partial charge on any atom is -0.322 e. The van der Waals surface area contributed by atoms with Gasteiger partial charge in [0.1, 0.15) is 10.7 Å². The molecule has 0 atom stereocenters. The number of carbonyl (C=O) groups excluding carboxylic acids is 1. The molecule has 8 nitrogen and oxygen atoms in total. The fraction of sp³-hybridized carbons (Fsp3) is 0.381. The lowest BCUT2D eigenvalue weighted by atomic mass is 10.2. The third-order valence-electron chi connectivity index (χ3n) is 5.02. The molecular weight excluding hydrogens is 457 g/mol. The number of benzene rings is 2. The summed E-state index contributed by atoms with van der Waals surface area (Å²) >= 11 is 0. The summed E-state index contributed by atoms with van der Waals surface area (Å²) < 4.78 is 67.4. The van der Waals surface area contributed by atoms with Crippen LogP contribution in [0.5, 0.6) is 0 Å². The molecule has 1 fully saturated rings. The molecule has 1 amide bonds. The summed E-state index contributed by atoms with van der Waals surface area (Å²) in [5.41, 5.74) is 0.723. The summed E-state index contributed by atoms with van der Waals surface area (Å²) in [6.45, 7) is 2.41. The van der Waals surface area contributed by atoms with E-state index in [-0.39, 0.29) is 11.3 Å². The minimum absolute atomic E-state index is 0.00127. The Hall–Kier alpha value is -2.50. The predicted molar refractivity (Wildman–Crippen MR) is 121 cm³/mol. The number of piperidine rings is 1. The van der Waals surface area contributed by atoms with Crippen molar-refractivity contribution in [1.29, 1.82) is 0 Å². The maximum Gasteiger partial charge on any atom is 0.255 e. The van der Waals surface area contributed by atoms with E-state index in [0.29, 0.717) is 43.7 Å². The molecule has 0 spiro atoms. The predicted octanol–water partition coefficient (Wildman–Crippen LogP) is 3.40. The molecular formula is C21H26FN3O5S2. The summed E-state index contributed by atoms with van der Waals surface area (Å²) in [5, 5.41) is 2.60. The number of anilines is 2. The molecule has 1 aliphatic rings. The van der Waals surface area contributed by atoms with Crippen molar-refractivity contribution in [3.05, 3.63) is 53.8 Å². The van der Waals surface area contributed by atoms with E-state index in [9.17, 15) is 26.0 Å². The highest BCUT2D eigenvalue weighted by atomic mass is 32.2. The van der Waals surface area contributed by atoms with Gasteiger partial charge >= 0.3 is 0 Å². The zero-order valence-electron chi connectivity index (χ0n) is 17.7. The van der Waals surface area contributed by atoms with Crippen LogP contribution < -0.4 is 10.0 Å². The third-order valence-corrected chi connectivity index (χ3v) is 8.42. The minimum atomic E-state index is -4.04. The largest absolute Gasteiger partial charge is 0.322 e. The van der Waals surface area contributed by atoms with E-state index in [4.69, 9.17) is 0 Å². The maximum absolute atomic E-state index is 14.4. The highest BCUT2D eigenvalue weighted by Crippen LogP contribution is 2.24. The normalized spacial score (nSPS) is 15.3. The van der Waals surface area contributed by atoms with Gasteiger partial charge in [0, 0.05) is 30.0 Å². The van der Waals surface area contributed by atoms with Gasteiger partial charge < -0.3 is 5.32 Å². The molecule has 174 valence electrons. The number of nitrogens with zero attached hydrogens (tertiary/aromatic N) is 1. The molecule has 0 saturated carbocycles. The average Bonchev–Trinajstić information content (AvgIpc) is 2.75. The Morgan fingerprint density at radius 3 is 2.22 bits per heavy atom. The molecule has 11 heteroatoms. The SMILES string of the molecule is CCCS(=O)(=O)Nc1ccc(NC(=O)c2ccc(F)c(S(=O)(=O)N3CCCCC3)c2)cc1. The van der Waals surface area contributed by atoms with Crippen molar-refractivity contribution in [1.82, 2.24) is 4.31 Å². The van der Waals surface area contributed by atoms with Crippen LogP contribution in [0.1, 0.15) is 43.0 Å². The van der Waals surface area contributed by atoms with Crippen LogP contribution in [0.15, 0.2) is 47.4 Å². The van der Waals surface area contributed by atoms with Crippen LogP contribution in [-0.4, -0.2) is 45.9 Å². The number of amides is 1. The molecule has 2 aromatic rings. The first-order valence-corrected chi connectivity index (χ1v) is 13.4. The van der Waals surface area contributed by atoms with E-state index in [0.717, 1.165) is 18.6 Å². The third kappa shape index (κ3) is 5.84. The molecule has 2 aromatic carbocycles. The average molecular weight is 484 g/mol. The van der Waals surface area contributed by atoms with E-state index in [2.05, 4.69) is 10.0 Å². The van der Waals surface area contributed by atoms with Crippen LogP contribution in [0, 0.1) is 5.82 Å². The molecule has 0 aromatic heterocycles. The number of nitrogens with one attached hydrogen (secondary N) is 2. The quantitative estimate of drug-likeness (QED) is 0.598. The van der Waals surface area contributed by atoms with Gasteiger partial charge in [-0.1, -0.05) is 13.3 Å². The summed E-state index contributed by atoms with van der Waals surface area (Å²) in [6, 6.07) is 9.25. The molecule has 2 N–H and O–H groups in total. The monoisotopic (exact) mass is 483 g/mol. The van der Waals surface area contributed by atoms with Crippen molar-refractivity contribution in [2.45, 2.75) is 37.5 Å². The van der Waals surface area contributed by atoms with E-state index < -0.39 is 36.7 Å². The highest BCUT2D eigenvalue weighted by Gasteiger charge is 2.29. The Kier molecular flexibility index (Phi) is 7.52. The van der Waals surface area contributed by atoms with Gasteiger partial charge in [-0.25, -0.2) is 21.2 Å². The van der Waals surface area contributed by atoms with Gasteiger partial charge in [0.15, 0.2) is 0 Å². The lowest BCUT2D eigenvalue weighted by molar-refractivity contribution is 0.102. The summed E-state index contributed by atoms with van der Waals surface area (Å²) in [4.78, 5) is 12.1. The Morgan fingerprint density at radius 2 is 1.59 bits per heavy atom. The first-order valence-electron chi connectivity index (χ1n) is 10.3. The first kappa shape index (κ1) is 24.1. The Bertz CT molecular complexity index is 1180. The van der Waals surface area contributed by atoms with E-state index in [1.165, 1.54) is 34.6 Å². The Labute approximate surface area is 187 Å². The van der Waals surface area contributed by atoms with Crippen molar-refractivity contribution in [2.75, 3.05) is 28.9 Å². The van der Waals surface area contributed by atoms with Crippen molar-refractivity contribution in [2.24, 2.45) is 0 Å². The topological polar surface area (TPSA) is 113 Å². The number of hydrogen-bond acceptors (Lipinski definition) is 5. The molecule has 1 aliphatic heterocycles. The zero-order valence-corrected chi connectivity index (χ0v) is 19.3. The lowest BCUT2D eigenvalue weighted by Crippen LogP contribution is -2.36. The van der Waals surface area contributed by atoms with Crippen molar-refractivity contribution < 1.29 is 26.0 Å². The Morgan fingerprint density at radius 1 is 0.969 bits per heavy atom. The fourth-order valence-corrected chi connectivity index (χ4v) is 6.15. The van der Waals surface area contributed by atoms with Gasteiger partial charge in [-0.05, 0) is 61.7 Å². The molecule has 3 rings (SSSR count). The first-order chi connectivity index (χ1) is 15.1. The van der Waals surface area contributed by atoms with Gasteiger partial charge in [0.05, 0.1) is 5.75 Å². The summed E-state index contributed by atoms with van der Waals surface area (Å²) in [7, 11) is -7.47. The number of carbonyl (C=O) groups is 1. The van der Waals surface area contributed by atoms with E-state index >= 15 is 0 Å². The highest BCUT2D eigenvalue weighted by molar-refractivity contribution is 7.92. The van der Waals surface area contributed by atoms with Gasteiger partial charge in [-0.2, -0.15) is 4.31 Å². The zero-order chi connectivity index (χ0) is 23.4. The Balaban J connectivity index is 1.75. The standard InChI is InChI=1S/C21H26FN3O5S2/c1-2-14-31(27,28)24-18-9-7-17(8-10-18)23-21(26)16-6-11-19(22)20(15-16)32(29,30)25-12-4-3-5-13-25/h6-11,15,24H,2-5,12-14H2,1H3,(H,23,26). The van der Waals surface area contributed by atoms with Crippen LogP contribution >= 0.6 is 0 Å². The number of sulfonamides is 2. The number of hydrogen-bond donors (Lipinski definition) is 2. The molecule has 0 aliphatic carbocycles. The van der Waals surface area contributed by atoms with Crippen LogP contribution in [-0.2, 0) is 20.0 Å².